The van der Waals surface area contributed by atoms with E-state index in [9.17, 15) is 18.0 Å². The Kier molecular flexibility index (Phi) is 5.08. The normalized spacial score (nSPS) is 13.6. The smallest absolute Gasteiger partial charge is 0.323 e. The van der Waals surface area contributed by atoms with E-state index >= 15 is 0 Å². The molecule has 1 aromatic heterocycles. The van der Waals surface area contributed by atoms with Gasteiger partial charge in [0.2, 0.25) is 0 Å². The van der Waals surface area contributed by atoms with Crippen LogP contribution >= 0.6 is 11.6 Å². The van der Waals surface area contributed by atoms with Crippen molar-refractivity contribution in [3.8, 4) is 0 Å². The predicted molar refractivity (Wildman–Crippen MR) is 85.2 cm³/mol. The number of benzene rings is 1. The van der Waals surface area contributed by atoms with Crippen molar-refractivity contribution in [2.45, 2.75) is 38.5 Å². The lowest BCUT2D eigenvalue weighted by Crippen LogP contribution is -2.40. The molecule has 2 aromatic rings. The standard InChI is InChI=1S/C15H17ClF3N5O/c1-14(2,3)24-21-12(20-22-24)13(25)23(4)11(15(17,18)19)9-5-7-10(16)8-6-9/h5-8,11H,1-4H3. The van der Waals surface area contributed by atoms with E-state index < -0.39 is 29.5 Å². The van der Waals surface area contributed by atoms with Gasteiger partial charge in [-0.15, -0.1) is 10.2 Å². The summed E-state index contributed by atoms with van der Waals surface area (Å²) in [7, 11) is 1.05. The van der Waals surface area contributed by atoms with Gasteiger partial charge in [-0.05, 0) is 43.7 Å². The first kappa shape index (κ1) is 19.2. The molecule has 6 nitrogen and oxygen atoms in total. The molecule has 0 aliphatic rings. The number of hydrogen-bond donors (Lipinski definition) is 0. The summed E-state index contributed by atoms with van der Waals surface area (Å²) in [4.78, 5) is 14.2. The Labute approximate surface area is 147 Å². The monoisotopic (exact) mass is 375 g/mol. The third kappa shape index (κ3) is 4.28. The van der Waals surface area contributed by atoms with Crippen LogP contribution in [0, 0.1) is 0 Å². The Hall–Kier alpha value is -2.16. The van der Waals surface area contributed by atoms with Gasteiger partial charge in [0.05, 0.1) is 5.54 Å². The van der Waals surface area contributed by atoms with Gasteiger partial charge in [-0.3, -0.25) is 4.79 Å². The zero-order valence-electron chi connectivity index (χ0n) is 14.0. The molecule has 0 fully saturated rings. The zero-order chi connectivity index (χ0) is 19.0. The number of tetrazole rings is 1. The minimum Gasteiger partial charge on any atom is -0.323 e. The molecule has 0 aliphatic heterocycles. The van der Waals surface area contributed by atoms with Crippen molar-refractivity contribution in [1.29, 1.82) is 0 Å². The Morgan fingerprint density at radius 2 is 1.76 bits per heavy atom. The van der Waals surface area contributed by atoms with Crippen molar-refractivity contribution in [2.75, 3.05) is 7.05 Å². The van der Waals surface area contributed by atoms with E-state index in [1.165, 1.54) is 29.1 Å². The summed E-state index contributed by atoms with van der Waals surface area (Å²) < 4.78 is 40.6. The maximum atomic E-state index is 13.5. The largest absolute Gasteiger partial charge is 0.413 e. The number of halogens is 4. The van der Waals surface area contributed by atoms with Crippen LogP contribution in [0.4, 0.5) is 13.2 Å². The Morgan fingerprint density at radius 3 is 2.20 bits per heavy atom. The van der Waals surface area contributed by atoms with Crippen molar-refractivity contribution in [3.63, 3.8) is 0 Å². The quantitative estimate of drug-likeness (QED) is 0.824. The van der Waals surface area contributed by atoms with Gasteiger partial charge in [-0.25, -0.2) is 0 Å². The van der Waals surface area contributed by atoms with Crippen LogP contribution in [0.5, 0.6) is 0 Å². The second-order valence-electron chi connectivity index (χ2n) is 6.49. The molecule has 0 N–H and O–H groups in total. The summed E-state index contributed by atoms with van der Waals surface area (Å²) in [6.45, 7) is 5.33. The van der Waals surface area contributed by atoms with Crippen molar-refractivity contribution in [1.82, 2.24) is 25.1 Å². The van der Waals surface area contributed by atoms with Gasteiger partial charge in [0.15, 0.2) is 6.04 Å². The average Bonchev–Trinajstić information content (AvgIpc) is 2.97. The molecule has 0 saturated heterocycles. The molecule has 10 heteroatoms. The number of hydrogen-bond acceptors (Lipinski definition) is 4. The summed E-state index contributed by atoms with van der Waals surface area (Å²) in [5.41, 5.74) is -0.667. The molecule has 0 radical (unpaired) electrons. The van der Waals surface area contributed by atoms with E-state index in [1.807, 2.05) is 0 Å². The van der Waals surface area contributed by atoms with Crippen molar-refractivity contribution in [2.24, 2.45) is 0 Å². The number of amides is 1. The summed E-state index contributed by atoms with van der Waals surface area (Å²) in [5, 5.41) is 11.5. The van der Waals surface area contributed by atoms with E-state index in [-0.39, 0.29) is 5.56 Å². The second kappa shape index (κ2) is 6.62. The summed E-state index contributed by atoms with van der Waals surface area (Å²) >= 11 is 5.72. The molecule has 0 bridgehead atoms. The number of carbonyl (C=O) groups is 1. The summed E-state index contributed by atoms with van der Waals surface area (Å²) in [6, 6.07) is 2.97. The molecule has 1 aromatic carbocycles. The first-order chi connectivity index (χ1) is 11.4. The molecule has 25 heavy (non-hydrogen) atoms. The van der Waals surface area contributed by atoms with Crippen LogP contribution in [-0.4, -0.2) is 44.2 Å². The molecule has 0 spiro atoms. The molecule has 2 rings (SSSR count). The maximum Gasteiger partial charge on any atom is 0.413 e. The highest BCUT2D eigenvalue weighted by atomic mass is 35.5. The zero-order valence-corrected chi connectivity index (χ0v) is 14.8. The SMILES string of the molecule is CN(C(=O)c1nnn(C(C)(C)C)n1)C(c1ccc(Cl)cc1)C(F)(F)F. The van der Waals surface area contributed by atoms with Gasteiger partial charge in [-0.2, -0.15) is 18.0 Å². The van der Waals surface area contributed by atoms with E-state index in [2.05, 4.69) is 15.4 Å². The van der Waals surface area contributed by atoms with Crippen LogP contribution in [0.1, 0.15) is 43.0 Å². The minimum absolute atomic E-state index is 0.115. The Balaban J connectivity index is 2.36. The maximum absolute atomic E-state index is 13.5. The van der Waals surface area contributed by atoms with Gasteiger partial charge in [0.1, 0.15) is 0 Å². The fourth-order valence-electron chi connectivity index (χ4n) is 2.14. The molecule has 1 heterocycles. The molecule has 0 saturated carbocycles. The van der Waals surface area contributed by atoms with Crippen LogP contribution < -0.4 is 0 Å². The number of nitrogens with zero attached hydrogens (tertiary/aromatic N) is 5. The van der Waals surface area contributed by atoms with Gasteiger partial charge in [0, 0.05) is 12.1 Å². The van der Waals surface area contributed by atoms with Crippen LogP contribution in [0.25, 0.3) is 0 Å². The molecule has 1 amide bonds. The molecular formula is C15H17ClF3N5O. The first-order valence-electron chi connectivity index (χ1n) is 7.31. The van der Waals surface area contributed by atoms with Crippen LogP contribution in [-0.2, 0) is 5.54 Å². The third-order valence-corrected chi connectivity index (χ3v) is 3.66. The van der Waals surface area contributed by atoms with Gasteiger partial charge >= 0.3 is 6.18 Å². The van der Waals surface area contributed by atoms with Crippen molar-refractivity contribution < 1.29 is 18.0 Å². The molecule has 1 atom stereocenters. The minimum atomic E-state index is -4.68. The van der Waals surface area contributed by atoms with E-state index in [4.69, 9.17) is 11.6 Å². The first-order valence-corrected chi connectivity index (χ1v) is 7.69. The fraction of sp³-hybridized carbons (Fsp3) is 0.467. The highest BCUT2D eigenvalue weighted by Crippen LogP contribution is 2.37. The number of alkyl halides is 3. The topological polar surface area (TPSA) is 63.9 Å². The van der Waals surface area contributed by atoms with Crippen molar-refractivity contribution >= 4 is 17.5 Å². The molecule has 1 unspecified atom stereocenters. The highest BCUT2D eigenvalue weighted by molar-refractivity contribution is 6.30. The second-order valence-corrected chi connectivity index (χ2v) is 6.92. The fourth-order valence-corrected chi connectivity index (χ4v) is 2.26. The average molecular weight is 376 g/mol. The molecular weight excluding hydrogens is 359 g/mol. The van der Waals surface area contributed by atoms with E-state index in [1.54, 1.807) is 20.8 Å². The number of aromatic nitrogens is 4. The van der Waals surface area contributed by atoms with Gasteiger partial charge in [0.25, 0.3) is 11.7 Å². The van der Waals surface area contributed by atoms with E-state index in [0.717, 1.165) is 7.05 Å². The van der Waals surface area contributed by atoms with Crippen LogP contribution in [0.2, 0.25) is 5.02 Å². The summed E-state index contributed by atoms with van der Waals surface area (Å²) in [5.74, 6) is -1.38. The summed E-state index contributed by atoms with van der Waals surface area (Å²) in [6.07, 6.45) is -4.68. The lowest BCUT2D eigenvalue weighted by molar-refractivity contribution is -0.176. The molecule has 0 aliphatic carbocycles. The van der Waals surface area contributed by atoms with Gasteiger partial charge < -0.3 is 4.90 Å². The third-order valence-electron chi connectivity index (χ3n) is 3.41. The van der Waals surface area contributed by atoms with Gasteiger partial charge in [-0.1, -0.05) is 23.7 Å². The predicted octanol–water partition coefficient (Wildman–Crippen LogP) is 3.46. The lowest BCUT2D eigenvalue weighted by Gasteiger charge is -2.29. The van der Waals surface area contributed by atoms with E-state index in [0.29, 0.717) is 9.92 Å². The number of carbonyl (C=O) groups excluding carboxylic acids is 1. The molecule has 136 valence electrons. The van der Waals surface area contributed by atoms with Crippen LogP contribution in [0.15, 0.2) is 24.3 Å². The van der Waals surface area contributed by atoms with Crippen molar-refractivity contribution in [3.05, 3.63) is 40.7 Å². The number of rotatable bonds is 3. The Bertz CT molecular complexity index is 752. The lowest BCUT2D eigenvalue weighted by atomic mass is 10.1. The Morgan fingerprint density at radius 1 is 1.20 bits per heavy atom. The van der Waals surface area contributed by atoms with Crippen LogP contribution in [0.3, 0.4) is 0 Å². The highest BCUT2D eigenvalue weighted by Gasteiger charge is 2.46.